The van der Waals surface area contributed by atoms with Crippen LogP contribution >= 0.6 is 11.6 Å². The number of nitrogens with one attached hydrogen (secondary N) is 1. The average molecular weight is 321 g/mol. The highest BCUT2D eigenvalue weighted by Gasteiger charge is 2.12. The summed E-state index contributed by atoms with van der Waals surface area (Å²) in [4.78, 5) is 14.1. The van der Waals surface area contributed by atoms with Crippen LogP contribution in [0.3, 0.4) is 0 Å². The molecule has 22 heavy (non-hydrogen) atoms. The van der Waals surface area contributed by atoms with Crippen molar-refractivity contribution in [3.05, 3.63) is 52.9 Å². The first-order valence-electron chi connectivity index (χ1n) is 7.17. The fourth-order valence-corrected chi connectivity index (χ4v) is 2.50. The number of carbonyl (C=O) groups is 1. The van der Waals surface area contributed by atoms with E-state index in [2.05, 4.69) is 22.3 Å². The van der Waals surface area contributed by atoms with Crippen LogP contribution in [0.4, 0.5) is 5.69 Å². The number of nitrogens with zero attached hydrogens (tertiary/aromatic N) is 1. The average Bonchev–Trinajstić information content (AvgIpc) is 3.00. The Labute approximate surface area is 133 Å². The van der Waals surface area contributed by atoms with Gasteiger partial charge >= 0.3 is 0 Å². The van der Waals surface area contributed by atoms with Crippen molar-refractivity contribution in [2.75, 3.05) is 31.2 Å². The first-order valence-corrected chi connectivity index (χ1v) is 7.55. The number of amides is 1. The fraction of sp³-hybridized carbons (Fsp3) is 0.312. The lowest BCUT2D eigenvalue weighted by molar-refractivity contribution is 0.0923. The van der Waals surface area contributed by atoms with E-state index in [9.17, 15) is 4.79 Å². The van der Waals surface area contributed by atoms with Gasteiger partial charge in [0.1, 0.15) is 0 Å². The first-order chi connectivity index (χ1) is 10.7. The number of benzene rings is 1. The number of hydrogen-bond acceptors (Lipinski definition) is 4. The van der Waals surface area contributed by atoms with E-state index in [1.807, 2.05) is 12.1 Å². The molecule has 116 valence electrons. The summed E-state index contributed by atoms with van der Waals surface area (Å²) >= 11 is 5.65. The molecule has 1 saturated heterocycles. The lowest BCUT2D eigenvalue weighted by atomic mass is 10.2. The van der Waals surface area contributed by atoms with Gasteiger partial charge in [0.2, 0.25) is 0 Å². The van der Waals surface area contributed by atoms with Crippen LogP contribution in [0, 0.1) is 0 Å². The molecule has 1 aromatic heterocycles. The Morgan fingerprint density at radius 1 is 1.14 bits per heavy atom. The smallest absolute Gasteiger partial charge is 0.287 e. The minimum atomic E-state index is -0.274. The van der Waals surface area contributed by atoms with E-state index in [1.165, 1.54) is 5.69 Å². The van der Waals surface area contributed by atoms with E-state index in [1.54, 1.807) is 12.1 Å². The summed E-state index contributed by atoms with van der Waals surface area (Å²) in [7, 11) is 0. The molecule has 2 aromatic rings. The molecule has 0 saturated carbocycles. The lowest BCUT2D eigenvalue weighted by Gasteiger charge is -2.28. The molecule has 0 atom stereocenters. The fourth-order valence-electron chi connectivity index (χ4n) is 2.35. The molecule has 1 N–H and O–H groups in total. The van der Waals surface area contributed by atoms with E-state index in [-0.39, 0.29) is 16.9 Å². The van der Waals surface area contributed by atoms with Crippen LogP contribution in [0.1, 0.15) is 16.1 Å². The third-order valence-corrected chi connectivity index (χ3v) is 3.77. The van der Waals surface area contributed by atoms with Crippen LogP contribution in [0.25, 0.3) is 0 Å². The zero-order valence-corrected chi connectivity index (χ0v) is 12.8. The van der Waals surface area contributed by atoms with E-state index < -0.39 is 0 Å². The summed E-state index contributed by atoms with van der Waals surface area (Å²) in [6.07, 6.45) is 0. The number of morpholine rings is 1. The zero-order chi connectivity index (χ0) is 15.4. The Bertz CT molecular complexity index is 633. The largest absolute Gasteiger partial charge is 0.440 e. The van der Waals surface area contributed by atoms with Crippen molar-refractivity contribution < 1.29 is 13.9 Å². The van der Waals surface area contributed by atoms with Gasteiger partial charge in [-0.25, -0.2) is 0 Å². The third-order valence-electron chi connectivity index (χ3n) is 3.56. The summed E-state index contributed by atoms with van der Waals surface area (Å²) in [5.74, 6) is -0.0564. The number of anilines is 1. The standard InChI is InChI=1S/C16H17ClN2O3/c17-15-6-5-14(22-15)16(20)18-11-12-1-3-13(4-2-12)19-7-9-21-10-8-19/h1-6H,7-11H2,(H,18,20). The number of halogens is 1. The van der Waals surface area contributed by atoms with E-state index >= 15 is 0 Å². The second kappa shape index (κ2) is 6.85. The van der Waals surface area contributed by atoms with Crippen LogP contribution in [0.15, 0.2) is 40.8 Å². The summed E-state index contributed by atoms with van der Waals surface area (Å²) in [5.41, 5.74) is 2.21. The summed E-state index contributed by atoms with van der Waals surface area (Å²) < 4.78 is 10.4. The monoisotopic (exact) mass is 320 g/mol. The predicted octanol–water partition coefficient (Wildman–Crippen LogP) is 2.70. The quantitative estimate of drug-likeness (QED) is 0.941. The molecular formula is C16H17ClN2O3. The first kappa shape index (κ1) is 14.9. The summed E-state index contributed by atoms with van der Waals surface area (Å²) in [6, 6.07) is 11.3. The molecular weight excluding hydrogens is 304 g/mol. The van der Waals surface area contributed by atoms with Crippen molar-refractivity contribution in [2.24, 2.45) is 0 Å². The zero-order valence-electron chi connectivity index (χ0n) is 12.0. The van der Waals surface area contributed by atoms with Crippen LogP contribution in [0.2, 0.25) is 5.22 Å². The number of rotatable bonds is 4. The number of ether oxygens (including phenoxy) is 1. The van der Waals surface area contributed by atoms with Gasteiger partial charge in [0.05, 0.1) is 13.2 Å². The minimum absolute atomic E-state index is 0.208. The van der Waals surface area contributed by atoms with Crippen molar-refractivity contribution >= 4 is 23.2 Å². The molecule has 0 aliphatic carbocycles. The van der Waals surface area contributed by atoms with Gasteiger partial charge in [0, 0.05) is 25.3 Å². The maximum absolute atomic E-state index is 11.9. The summed E-state index contributed by atoms with van der Waals surface area (Å²) in [6.45, 7) is 3.80. The van der Waals surface area contributed by atoms with Crippen LogP contribution in [-0.2, 0) is 11.3 Å². The highest BCUT2D eigenvalue weighted by atomic mass is 35.5. The summed E-state index contributed by atoms with van der Waals surface area (Å²) in [5, 5.41) is 3.01. The molecule has 0 spiro atoms. The molecule has 6 heteroatoms. The topological polar surface area (TPSA) is 54.7 Å². The van der Waals surface area contributed by atoms with Gasteiger partial charge in [-0.3, -0.25) is 4.79 Å². The molecule has 1 amide bonds. The lowest BCUT2D eigenvalue weighted by Crippen LogP contribution is -2.36. The highest BCUT2D eigenvalue weighted by molar-refractivity contribution is 6.29. The minimum Gasteiger partial charge on any atom is -0.440 e. The SMILES string of the molecule is O=C(NCc1ccc(N2CCOCC2)cc1)c1ccc(Cl)o1. The number of carbonyl (C=O) groups excluding carboxylic acids is 1. The Kier molecular flexibility index (Phi) is 4.65. The third kappa shape index (κ3) is 3.61. The second-order valence-electron chi connectivity index (χ2n) is 5.05. The van der Waals surface area contributed by atoms with Crippen LogP contribution in [0.5, 0.6) is 0 Å². The Morgan fingerprint density at radius 2 is 1.86 bits per heavy atom. The molecule has 0 bridgehead atoms. The molecule has 1 aliphatic rings. The van der Waals surface area contributed by atoms with Crippen LogP contribution < -0.4 is 10.2 Å². The van der Waals surface area contributed by atoms with E-state index in [4.69, 9.17) is 20.8 Å². The normalized spacial score (nSPS) is 14.9. The Hall–Kier alpha value is -1.98. The van der Waals surface area contributed by atoms with Gasteiger partial charge < -0.3 is 19.4 Å². The molecule has 2 heterocycles. The molecule has 1 aliphatic heterocycles. The maximum atomic E-state index is 11.9. The molecule has 0 unspecified atom stereocenters. The van der Waals surface area contributed by atoms with Crippen LogP contribution in [-0.4, -0.2) is 32.2 Å². The molecule has 0 radical (unpaired) electrons. The molecule has 1 aromatic carbocycles. The number of furan rings is 1. The maximum Gasteiger partial charge on any atom is 0.287 e. The number of hydrogen-bond donors (Lipinski definition) is 1. The van der Waals surface area contributed by atoms with Gasteiger partial charge in [-0.1, -0.05) is 12.1 Å². The molecule has 3 rings (SSSR count). The van der Waals surface area contributed by atoms with Crippen molar-refractivity contribution in [3.63, 3.8) is 0 Å². The van der Waals surface area contributed by atoms with Crippen molar-refractivity contribution in [3.8, 4) is 0 Å². The van der Waals surface area contributed by atoms with Gasteiger partial charge in [0.25, 0.3) is 5.91 Å². The van der Waals surface area contributed by atoms with Crippen molar-refractivity contribution in [1.82, 2.24) is 5.32 Å². The Morgan fingerprint density at radius 3 is 2.50 bits per heavy atom. The highest BCUT2D eigenvalue weighted by Crippen LogP contribution is 2.17. The molecule has 1 fully saturated rings. The van der Waals surface area contributed by atoms with E-state index in [0.29, 0.717) is 6.54 Å². The van der Waals surface area contributed by atoms with Crippen molar-refractivity contribution in [1.29, 1.82) is 0 Å². The Balaban J connectivity index is 1.55. The second-order valence-corrected chi connectivity index (χ2v) is 5.42. The van der Waals surface area contributed by atoms with Gasteiger partial charge in [-0.05, 0) is 41.4 Å². The molecule has 5 nitrogen and oxygen atoms in total. The van der Waals surface area contributed by atoms with Gasteiger partial charge in [-0.2, -0.15) is 0 Å². The predicted molar refractivity (Wildman–Crippen MR) is 84.4 cm³/mol. The van der Waals surface area contributed by atoms with Crippen molar-refractivity contribution in [2.45, 2.75) is 6.54 Å². The van der Waals surface area contributed by atoms with Gasteiger partial charge in [0.15, 0.2) is 11.0 Å². The van der Waals surface area contributed by atoms with E-state index in [0.717, 1.165) is 31.9 Å². The van der Waals surface area contributed by atoms with Gasteiger partial charge in [-0.15, -0.1) is 0 Å².